The predicted molar refractivity (Wildman–Crippen MR) is 82.9 cm³/mol. The summed E-state index contributed by atoms with van der Waals surface area (Å²) in [5, 5.41) is 6.45. The molecule has 1 N–H and O–H groups in total. The van der Waals surface area contributed by atoms with E-state index >= 15 is 0 Å². The van der Waals surface area contributed by atoms with Gasteiger partial charge in [0.15, 0.2) is 5.22 Å². The molecule has 0 spiro atoms. The molecule has 0 saturated carbocycles. The Morgan fingerprint density at radius 2 is 1.85 bits per heavy atom. The van der Waals surface area contributed by atoms with Crippen LogP contribution in [0.15, 0.2) is 59.0 Å². The molecule has 1 heterocycles. The number of benzene rings is 2. The quantitative estimate of drug-likeness (QED) is 0.735. The Hall–Kier alpha value is -1.77. The average Bonchev–Trinajstić information content (AvgIpc) is 2.90. The topological polar surface area (TPSA) is 25.2 Å². The Bertz CT molecular complexity index is 714. The number of rotatable bonds is 4. The van der Waals surface area contributed by atoms with Gasteiger partial charge in [-0.25, -0.2) is 0 Å². The molecule has 1 atom stereocenters. The SMILES string of the molecule is CC(NCc1ccc(Cl)o1)c1cccc2ccccc12. The first-order valence-electron chi connectivity index (χ1n) is 6.69. The van der Waals surface area contributed by atoms with E-state index in [0.717, 1.165) is 5.76 Å². The Balaban J connectivity index is 1.80. The van der Waals surface area contributed by atoms with Crippen LogP contribution in [0.25, 0.3) is 10.8 Å². The van der Waals surface area contributed by atoms with Gasteiger partial charge in [0.05, 0.1) is 6.54 Å². The van der Waals surface area contributed by atoms with Gasteiger partial charge in [0.1, 0.15) is 5.76 Å². The first-order chi connectivity index (χ1) is 9.74. The van der Waals surface area contributed by atoms with Crippen molar-refractivity contribution >= 4 is 22.4 Å². The standard InChI is InChI=1S/C17H16ClNO/c1-12(19-11-14-9-10-17(18)20-14)15-8-4-6-13-5-2-3-7-16(13)15/h2-10,12,19H,11H2,1H3. The molecule has 1 unspecified atom stereocenters. The van der Waals surface area contributed by atoms with Gasteiger partial charge in [-0.05, 0) is 47.0 Å². The molecular formula is C17H16ClNO. The number of furan rings is 1. The first-order valence-corrected chi connectivity index (χ1v) is 7.07. The molecule has 0 radical (unpaired) electrons. The molecule has 20 heavy (non-hydrogen) atoms. The van der Waals surface area contributed by atoms with Gasteiger partial charge in [-0.2, -0.15) is 0 Å². The molecule has 3 heteroatoms. The van der Waals surface area contributed by atoms with Crippen LogP contribution in [-0.4, -0.2) is 0 Å². The van der Waals surface area contributed by atoms with Gasteiger partial charge >= 0.3 is 0 Å². The molecular weight excluding hydrogens is 270 g/mol. The maximum Gasteiger partial charge on any atom is 0.193 e. The van der Waals surface area contributed by atoms with E-state index < -0.39 is 0 Å². The zero-order valence-corrected chi connectivity index (χ0v) is 12.0. The van der Waals surface area contributed by atoms with E-state index in [-0.39, 0.29) is 6.04 Å². The fraction of sp³-hybridized carbons (Fsp3) is 0.176. The fourth-order valence-corrected chi connectivity index (χ4v) is 2.60. The first kappa shape index (κ1) is 13.2. The monoisotopic (exact) mass is 285 g/mol. The van der Waals surface area contributed by atoms with E-state index in [1.807, 2.05) is 6.07 Å². The molecule has 0 amide bonds. The Morgan fingerprint density at radius 3 is 2.65 bits per heavy atom. The number of halogens is 1. The molecule has 3 rings (SSSR count). The minimum atomic E-state index is 0.241. The third-order valence-corrected chi connectivity index (χ3v) is 3.70. The summed E-state index contributed by atoms with van der Waals surface area (Å²) < 4.78 is 5.36. The second-order valence-corrected chi connectivity index (χ2v) is 5.25. The van der Waals surface area contributed by atoms with Crippen LogP contribution in [0.2, 0.25) is 5.22 Å². The summed E-state index contributed by atoms with van der Waals surface area (Å²) in [4.78, 5) is 0. The van der Waals surface area contributed by atoms with Crippen molar-refractivity contribution in [3.05, 3.63) is 71.1 Å². The van der Waals surface area contributed by atoms with E-state index in [4.69, 9.17) is 16.0 Å². The van der Waals surface area contributed by atoms with Crippen LogP contribution < -0.4 is 5.32 Å². The van der Waals surface area contributed by atoms with Crippen LogP contribution >= 0.6 is 11.6 Å². The number of fused-ring (bicyclic) bond motifs is 1. The largest absolute Gasteiger partial charge is 0.448 e. The normalized spacial score (nSPS) is 12.7. The van der Waals surface area contributed by atoms with Crippen LogP contribution in [-0.2, 0) is 6.54 Å². The Kier molecular flexibility index (Phi) is 3.77. The molecule has 0 aliphatic heterocycles. The van der Waals surface area contributed by atoms with E-state index in [9.17, 15) is 0 Å². The van der Waals surface area contributed by atoms with Gasteiger partial charge in [-0.1, -0.05) is 42.5 Å². The molecule has 0 aliphatic carbocycles. The van der Waals surface area contributed by atoms with Crippen molar-refractivity contribution in [2.24, 2.45) is 0 Å². The van der Waals surface area contributed by atoms with Gasteiger partial charge in [-0.3, -0.25) is 0 Å². The molecule has 0 aliphatic rings. The Labute approximate surface area is 123 Å². The van der Waals surface area contributed by atoms with E-state index in [2.05, 4.69) is 54.7 Å². The summed E-state index contributed by atoms with van der Waals surface area (Å²) in [5.41, 5.74) is 1.29. The minimum absolute atomic E-state index is 0.241. The summed E-state index contributed by atoms with van der Waals surface area (Å²) >= 11 is 5.78. The lowest BCUT2D eigenvalue weighted by Crippen LogP contribution is -2.17. The zero-order chi connectivity index (χ0) is 13.9. The van der Waals surface area contributed by atoms with Gasteiger partial charge in [-0.15, -0.1) is 0 Å². The molecule has 0 saturated heterocycles. The van der Waals surface area contributed by atoms with Crippen molar-refractivity contribution < 1.29 is 4.42 Å². The summed E-state index contributed by atoms with van der Waals surface area (Å²) in [6, 6.07) is 18.7. The van der Waals surface area contributed by atoms with Crippen molar-refractivity contribution in [1.82, 2.24) is 5.32 Å². The fourth-order valence-electron chi connectivity index (χ4n) is 2.44. The molecule has 102 valence electrons. The average molecular weight is 286 g/mol. The highest BCUT2D eigenvalue weighted by Crippen LogP contribution is 2.24. The van der Waals surface area contributed by atoms with Gasteiger partial charge < -0.3 is 9.73 Å². The highest BCUT2D eigenvalue weighted by Gasteiger charge is 2.09. The van der Waals surface area contributed by atoms with Crippen molar-refractivity contribution in [2.75, 3.05) is 0 Å². The van der Waals surface area contributed by atoms with E-state index in [0.29, 0.717) is 11.8 Å². The van der Waals surface area contributed by atoms with Crippen molar-refractivity contribution in [3.8, 4) is 0 Å². The van der Waals surface area contributed by atoms with Crippen LogP contribution in [0.4, 0.5) is 0 Å². The predicted octanol–water partition coefficient (Wildman–Crippen LogP) is 4.94. The Morgan fingerprint density at radius 1 is 1.05 bits per heavy atom. The third-order valence-electron chi connectivity index (χ3n) is 3.50. The maximum absolute atomic E-state index is 5.78. The molecule has 2 nitrogen and oxygen atoms in total. The van der Waals surface area contributed by atoms with E-state index in [1.165, 1.54) is 16.3 Å². The smallest absolute Gasteiger partial charge is 0.193 e. The second kappa shape index (κ2) is 5.70. The molecule has 2 aromatic carbocycles. The highest BCUT2D eigenvalue weighted by atomic mass is 35.5. The number of hydrogen-bond acceptors (Lipinski definition) is 2. The number of nitrogens with one attached hydrogen (secondary N) is 1. The highest BCUT2D eigenvalue weighted by molar-refractivity contribution is 6.28. The summed E-state index contributed by atoms with van der Waals surface area (Å²) in [5.74, 6) is 0.849. The third kappa shape index (κ3) is 2.72. The number of hydrogen-bond donors (Lipinski definition) is 1. The lowest BCUT2D eigenvalue weighted by Gasteiger charge is -2.15. The molecule has 3 aromatic rings. The summed E-state index contributed by atoms with van der Waals surface area (Å²) in [6.07, 6.45) is 0. The van der Waals surface area contributed by atoms with Gasteiger partial charge in [0.25, 0.3) is 0 Å². The summed E-state index contributed by atoms with van der Waals surface area (Å²) in [7, 11) is 0. The van der Waals surface area contributed by atoms with Crippen molar-refractivity contribution in [2.45, 2.75) is 19.5 Å². The molecule has 1 aromatic heterocycles. The second-order valence-electron chi connectivity index (χ2n) is 4.88. The van der Waals surface area contributed by atoms with Crippen LogP contribution in [0.1, 0.15) is 24.3 Å². The molecule has 0 bridgehead atoms. The van der Waals surface area contributed by atoms with Crippen LogP contribution in [0, 0.1) is 0 Å². The minimum Gasteiger partial charge on any atom is -0.448 e. The van der Waals surface area contributed by atoms with Gasteiger partial charge in [0, 0.05) is 6.04 Å². The van der Waals surface area contributed by atoms with Crippen molar-refractivity contribution in [3.63, 3.8) is 0 Å². The van der Waals surface area contributed by atoms with Crippen molar-refractivity contribution in [1.29, 1.82) is 0 Å². The lowest BCUT2D eigenvalue weighted by atomic mass is 10.00. The van der Waals surface area contributed by atoms with E-state index in [1.54, 1.807) is 6.07 Å². The maximum atomic E-state index is 5.78. The zero-order valence-electron chi connectivity index (χ0n) is 11.3. The lowest BCUT2D eigenvalue weighted by molar-refractivity contribution is 0.462. The van der Waals surface area contributed by atoms with Gasteiger partial charge in [0.2, 0.25) is 0 Å². The molecule has 0 fully saturated rings. The summed E-state index contributed by atoms with van der Waals surface area (Å²) in [6.45, 7) is 2.82. The van der Waals surface area contributed by atoms with Crippen LogP contribution in [0.3, 0.4) is 0 Å². The van der Waals surface area contributed by atoms with Crippen LogP contribution in [0.5, 0.6) is 0 Å².